The summed E-state index contributed by atoms with van der Waals surface area (Å²) in [6, 6.07) is 11.3. The Morgan fingerprint density at radius 2 is 1.73 bits per heavy atom. The molecule has 160 valence electrons. The van der Waals surface area contributed by atoms with Crippen molar-refractivity contribution >= 4 is 43.2 Å². The number of nitrogens with one attached hydrogen (secondary N) is 1. The maximum Gasteiger partial charge on any atom is 0.255 e. The van der Waals surface area contributed by atoms with E-state index in [1.54, 1.807) is 11.6 Å². The molecule has 0 atom stereocenters. The number of nitrogens with zero attached hydrogens (tertiary/aromatic N) is 2. The summed E-state index contributed by atoms with van der Waals surface area (Å²) in [6.07, 6.45) is 0. The molecule has 0 fully saturated rings. The summed E-state index contributed by atoms with van der Waals surface area (Å²) in [5, 5.41) is 2.82. The number of thiazole rings is 1. The molecule has 0 bridgehead atoms. The van der Waals surface area contributed by atoms with Crippen LogP contribution in [0.25, 0.3) is 10.2 Å². The van der Waals surface area contributed by atoms with E-state index in [9.17, 15) is 13.2 Å². The third kappa shape index (κ3) is 5.21. The molecule has 0 spiro atoms. The molecular weight excluding hydrogens is 426 g/mol. The molecule has 30 heavy (non-hydrogen) atoms. The number of amides is 1. The molecule has 0 aliphatic rings. The van der Waals surface area contributed by atoms with E-state index in [2.05, 4.69) is 10.3 Å². The van der Waals surface area contributed by atoms with E-state index in [1.165, 1.54) is 54.1 Å². The van der Waals surface area contributed by atoms with Gasteiger partial charge in [-0.1, -0.05) is 0 Å². The van der Waals surface area contributed by atoms with Crippen LogP contribution in [0.15, 0.2) is 52.9 Å². The first-order valence-corrected chi connectivity index (χ1v) is 11.5. The van der Waals surface area contributed by atoms with Crippen molar-refractivity contribution in [3.05, 3.63) is 53.5 Å². The lowest BCUT2D eigenvalue weighted by atomic mass is 10.2. The Kier molecular flexibility index (Phi) is 7.51. The van der Waals surface area contributed by atoms with Gasteiger partial charge in [-0.15, -0.1) is 11.3 Å². The van der Waals surface area contributed by atoms with Gasteiger partial charge in [0.15, 0.2) is 0 Å². The number of rotatable bonds is 10. The second-order valence-electron chi connectivity index (χ2n) is 6.40. The predicted octanol–water partition coefficient (Wildman–Crippen LogP) is 2.83. The van der Waals surface area contributed by atoms with Crippen molar-refractivity contribution < 1.29 is 22.7 Å². The minimum absolute atomic E-state index is 0.109. The van der Waals surface area contributed by atoms with E-state index >= 15 is 0 Å². The van der Waals surface area contributed by atoms with E-state index in [0.29, 0.717) is 11.3 Å². The Morgan fingerprint density at radius 1 is 1.07 bits per heavy atom. The lowest BCUT2D eigenvalue weighted by Gasteiger charge is -2.21. The molecule has 2 aromatic carbocycles. The Hall–Kier alpha value is -2.37. The van der Waals surface area contributed by atoms with Crippen molar-refractivity contribution in [3.8, 4) is 0 Å². The molecule has 10 heteroatoms. The number of fused-ring (bicyclic) bond motifs is 1. The molecular formula is C20H23N3O5S2. The standard InChI is InChI=1S/C20H23N3O5S2/c1-27-11-9-23(10-12-28-2)30(25,26)17-6-3-15(4-7-17)20(24)22-16-5-8-18-19(13-16)29-14-21-18/h3-8,13-14H,9-12H2,1-2H3,(H,22,24). The highest BCUT2D eigenvalue weighted by atomic mass is 32.2. The molecule has 1 amide bonds. The SMILES string of the molecule is COCCN(CCOC)S(=O)(=O)c1ccc(C(=O)Nc2ccc3ncsc3c2)cc1. The molecule has 0 radical (unpaired) electrons. The highest BCUT2D eigenvalue weighted by Crippen LogP contribution is 2.22. The zero-order valence-electron chi connectivity index (χ0n) is 16.7. The lowest BCUT2D eigenvalue weighted by molar-refractivity contribution is 0.102. The molecule has 1 N–H and O–H groups in total. The summed E-state index contributed by atoms with van der Waals surface area (Å²) >= 11 is 1.49. The predicted molar refractivity (Wildman–Crippen MR) is 117 cm³/mol. The molecule has 0 saturated heterocycles. The number of aromatic nitrogens is 1. The van der Waals surface area contributed by atoms with Gasteiger partial charge in [-0.3, -0.25) is 4.79 Å². The van der Waals surface area contributed by atoms with Crippen molar-refractivity contribution in [1.29, 1.82) is 0 Å². The molecule has 3 aromatic rings. The number of sulfonamides is 1. The van der Waals surface area contributed by atoms with Crippen LogP contribution >= 0.6 is 11.3 Å². The van der Waals surface area contributed by atoms with E-state index in [1.807, 2.05) is 12.1 Å². The fourth-order valence-electron chi connectivity index (χ4n) is 2.80. The van der Waals surface area contributed by atoms with Gasteiger partial charge in [0.1, 0.15) is 0 Å². The average molecular weight is 450 g/mol. The van der Waals surface area contributed by atoms with Crippen LogP contribution in [0, 0.1) is 0 Å². The minimum atomic E-state index is -3.73. The van der Waals surface area contributed by atoms with Crippen molar-refractivity contribution in [3.63, 3.8) is 0 Å². The normalized spacial score (nSPS) is 11.8. The Balaban J connectivity index is 1.74. The number of hydrogen-bond acceptors (Lipinski definition) is 7. The van der Waals surface area contributed by atoms with Crippen LogP contribution in [-0.4, -0.2) is 64.1 Å². The van der Waals surface area contributed by atoms with Crippen LogP contribution in [-0.2, 0) is 19.5 Å². The molecule has 1 aromatic heterocycles. The summed E-state index contributed by atoms with van der Waals surface area (Å²) in [7, 11) is -0.699. The first-order valence-electron chi connectivity index (χ1n) is 9.18. The van der Waals surface area contributed by atoms with Crippen molar-refractivity contribution in [2.24, 2.45) is 0 Å². The molecule has 3 rings (SSSR count). The van der Waals surface area contributed by atoms with Crippen LogP contribution < -0.4 is 5.32 Å². The number of ether oxygens (including phenoxy) is 2. The molecule has 8 nitrogen and oxygen atoms in total. The van der Waals surface area contributed by atoms with Gasteiger partial charge in [0.05, 0.1) is 33.8 Å². The zero-order valence-corrected chi connectivity index (χ0v) is 18.3. The topological polar surface area (TPSA) is 97.8 Å². The lowest BCUT2D eigenvalue weighted by Crippen LogP contribution is -2.36. The fraction of sp³-hybridized carbons (Fsp3) is 0.300. The number of carbonyl (C=O) groups excluding carboxylic acids is 1. The second kappa shape index (κ2) is 10.1. The zero-order chi connectivity index (χ0) is 21.6. The maximum atomic E-state index is 12.9. The van der Waals surface area contributed by atoms with Crippen molar-refractivity contribution in [2.45, 2.75) is 4.90 Å². The van der Waals surface area contributed by atoms with Gasteiger partial charge in [0.2, 0.25) is 10.0 Å². The van der Waals surface area contributed by atoms with Crippen LogP contribution in [0.2, 0.25) is 0 Å². The number of hydrogen-bond donors (Lipinski definition) is 1. The smallest absolute Gasteiger partial charge is 0.255 e. The Bertz CT molecular complexity index is 1090. The van der Waals surface area contributed by atoms with Crippen LogP contribution in [0.1, 0.15) is 10.4 Å². The van der Waals surface area contributed by atoms with Gasteiger partial charge in [0.25, 0.3) is 5.91 Å². The summed E-state index contributed by atoms with van der Waals surface area (Å²) in [4.78, 5) is 16.9. The van der Waals surface area contributed by atoms with Crippen molar-refractivity contribution in [2.75, 3.05) is 45.8 Å². The van der Waals surface area contributed by atoms with Gasteiger partial charge in [-0.2, -0.15) is 4.31 Å². The highest BCUT2D eigenvalue weighted by molar-refractivity contribution is 7.89. The molecule has 0 unspecified atom stereocenters. The number of anilines is 1. The van der Waals surface area contributed by atoms with Crippen LogP contribution in [0.4, 0.5) is 5.69 Å². The second-order valence-corrected chi connectivity index (χ2v) is 9.23. The van der Waals surface area contributed by atoms with Gasteiger partial charge in [-0.25, -0.2) is 13.4 Å². The fourth-order valence-corrected chi connectivity index (χ4v) is 4.93. The average Bonchev–Trinajstić information content (AvgIpc) is 3.21. The highest BCUT2D eigenvalue weighted by Gasteiger charge is 2.24. The monoisotopic (exact) mass is 449 g/mol. The molecule has 1 heterocycles. The van der Waals surface area contributed by atoms with Gasteiger partial charge < -0.3 is 14.8 Å². The van der Waals surface area contributed by atoms with Crippen LogP contribution in [0.5, 0.6) is 0 Å². The van der Waals surface area contributed by atoms with E-state index in [0.717, 1.165) is 10.2 Å². The number of benzene rings is 2. The van der Waals surface area contributed by atoms with E-state index in [-0.39, 0.29) is 37.1 Å². The largest absolute Gasteiger partial charge is 0.383 e. The summed E-state index contributed by atoms with van der Waals surface area (Å²) in [6.45, 7) is 0.968. The van der Waals surface area contributed by atoms with E-state index < -0.39 is 10.0 Å². The third-order valence-electron chi connectivity index (χ3n) is 4.43. The molecule has 0 aliphatic heterocycles. The Labute approximate surface area is 179 Å². The molecule has 0 aliphatic carbocycles. The summed E-state index contributed by atoms with van der Waals surface area (Å²) in [5.74, 6) is -0.321. The number of methoxy groups -OCH3 is 2. The van der Waals surface area contributed by atoms with Gasteiger partial charge in [-0.05, 0) is 42.5 Å². The first kappa shape index (κ1) is 22.3. The first-order chi connectivity index (χ1) is 14.5. The summed E-state index contributed by atoms with van der Waals surface area (Å²) in [5.41, 5.74) is 3.63. The minimum Gasteiger partial charge on any atom is -0.383 e. The summed E-state index contributed by atoms with van der Waals surface area (Å²) < 4.78 is 38.1. The third-order valence-corrected chi connectivity index (χ3v) is 7.14. The van der Waals surface area contributed by atoms with Gasteiger partial charge >= 0.3 is 0 Å². The van der Waals surface area contributed by atoms with Crippen molar-refractivity contribution in [1.82, 2.24) is 9.29 Å². The number of carbonyl (C=O) groups is 1. The van der Waals surface area contributed by atoms with Crippen LogP contribution in [0.3, 0.4) is 0 Å². The maximum absolute atomic E-state index is 12.9. The Morgan fingerprint density at radius 3 is 2.37 bits per heavy atom. The van der Waals surface area contributed by atoms with Gasteiger partial charge in [0, 0.05) is 38.6 Å². The quantitative estimate of drug-likeness (QED) is 0.511. The van der Waals surface area contributed by atoms with E-state index in [4.69, 9.17) is 9.47 Å². The molecule has 0 saturated carbocycles.